The number of benzene rings is 1. The fourth-order valence-electron chi connectivity index (χ4n) is 2.54. The van der Waals surface area contributed by atoms with Gasteiger partial charge in [0.1, 0.15) is 5.69 Å². The van der Waals surface area contributed by atoms with E-state index in [4.69, 9.17) is 0 Å². The molecule has 24 heavy (non-hydrogen) atoms. The van der Waals surface area contributed by atoms with Crippen LogP contribution in [-0.2, 0) is 6.42 Å². The standard InChI is InChI=1S/C18H19N5O/c1-3-13-7-8-14(10-12(13)2)21-18(24)22-16-11-20-23-17(16)15-6-4-5-9-19-15/h4-11H,3H2,1-2H3,(H,20,23)(H2,21,22,24). The molecule has 0 aliphatic heterocycles. The molecular formula is C18H19N5O. The van der Waals surface area contributed by atoms with E-state index in [9.17, 15) is 4.79 Å². The molecule has 0 bridgehead atoms. The first-order valence-corrected chi connectivity index (χ1v) is 7.79. The predicted octanol–water partition coefficient (Wildman–Crippen LogP) is 3.99. The number of anilines is 2. The van der Waals surface area contributed by atoms with E-state index in [1.807, 2.05) is 43.3 Å². The summed E-state index contributed by atoms with van der Waals surface area (Å²) in [4.78, 5) is 16.5. The highest BCUT2D eigenvalue weighted by atomic mass is 16.2. The number of aryl methyl sites for hydroxylation is 2. The van der Waals surface area contributed by atoms with Crippen LogP contribution >= 0.6 is 0 Å². The number of hydrogen-bond donors (Lipinski definition) is 3. The normalized spacial score (nSPS) is 10.4. The van der Waals surface area contributed by atoms with Gasteiger partial charge in [0.25, 0.3) is 0 Å². The Morgan fingerprint density at radius 1 is 1.21 bits per heavy atom. The van der Waals surface area contributed by atoms with Gasteiger partial charge in [-0.15, -0.1) is 0 Å². The van der Waals surface area contributed by atoms with Crippen molar-refractivity contribution in [2.75, 3.05) is 10.6 Å². The molecule has 0 saturated heterocycles. The molecule has 2 aromatic heterocycles. The second kappa shape index (κ2) is 6.95. The number of nitrogens with one attached hydrogen (secondary N) is 3. The zero-order chi connectivity index (χ0) is 16.9. The molecule has 6 nitrogen and oxygen atoms in total. The number of urea groups is 1. The van der Waals surface area contributed by atoms with Gasteiger partial charge in [-0.2, -0.15) is 5.10 Å². The second-order valence-corrected chi connectivity index (χ2v) is 5.45. The number of hydrogen-bond acceptors (Lipinski definition) is 3. The van der Waals surface area contributed by atoms with Crippen LogP contribution in [0.5, 0.6) is 0 Å². The molecule has 0 aliphatic rings. The first kappa shape index (κ1) is 15.7. The van der Waals surface area contributed by atoms with Crippen molar-refractivity contribution in [3.05, 3.63) is 59.9 Å². The van der Waals surface area contributed by atoms with Crippen molar-refractivity contribution in [2.24, 2.45) is 0 Å². The van der Waals surface area contributed by atoms with Crippen LogP contribution in [0.15, 0.2) is 48.8 Å². The van der Waals surface area contributed by atoms with E-state index in [-0.39, 0.29) is 6.03 Å². The number of aromatic amines is 1. The minimum atomic E-state index is -0.322. The van der Waals surface area contributed by atoms with E-state index >= 15 is 0 Å². The van der Waals surface area contributed by atoms with Crippen molar-refractivity contribution < 1.29 is 4.79 Å². The number of pyridine rings is 1. The summed E-state index contributed by atoms with van der Waals surface area (Å²) >= 11 is 0. The van der Waals surface area contributed by atoms with Gasteiger partial charge in [-0.05, 0) is 48.7 Å². The third kappa shape index (κ3) is 3.43. The first-order valence-electron chi connectivity index (χ1n) is 7.79. The molecular weight excluding hydrogens is 302 g/mol. The van der Waals surface area contributed by atoms with Crippen LogP contribution < -0.4 is 10.6 Å². The molecule has 3 rings (SSSR count). The van der Waals surface area contributed by atoms with E-state index in [2.05, 4.69) is 32.7 Å². The highest BCUT2D eigenvalue weighted by Gasteiger charge is 2.12. The first-order chi connectivity index (χ1) is 11.7. The average molecular weight is 321 g/mol. The molecule has 0 radical (unpaired) electrons. The Morgan fingerprint density at radius 2 is 2.08 bits per heavy atom. The summed E-state index contributed by atoms with van der Waals surface area (Å²) in [5.41, 5.74) is 5.15. The Morgan fingerprint density at radius 3 is 2.79 bits per heavy atom. The van der Waals surface area contributed by atoms with Gasteiger partial charge in [-0.25, -0.2) is 4.79 Å². The van der Waals surface area contributed by atoms with Crippen LogP contribution in [0.2, 0.25) is 0 Å². The van der Waals surface area contributed by atoms with Gasteiger partial charge >= 0.3 is 6.03 Å². The van der Waals surface area contributed by atoms with Gasteiger partial charge < -0.3 is 10.6 Å². The summed E-state index contributed by atoms with van der Waals surface area (Å²) in [5.74, 6) is 0. The number of rotatable bonds is 4. The number of aromatic nitrogens is 3. The summed E-state index contributed by atoms with van der Waals surface area (Å²) in [6.45, 7) is 4.15. The zero-order valence-electron chi connectivity index (χ0n) is 13.6. The van der Waals surface area contributed by atoms with Gasteiger partial charge in [0.15, 0.2) is 0 Å². The van der Waals surface area contributed by atoms with Gasteiger partial charge in [0.2, 0.25) is 0 Å². The molecule has 0 spiro atoms. The van der Waals surface area contributed by atoms with Crippen molar-refractivity contribution >= 4 is 17.4 Å². The van der Waals surface area contributed by atoms with E-state index in [1.54, 1.807) is 12.4 Å². The van der Waals surface area contributed by atoms with Crippen LogP contribution in [0.1, 0.15) is 18.1 Å². The predicted molar refractivity (Wildman–Crippen MR) is 95.0 cm³/mol. The smallest absolute Gasteiger partial charge is 0.308 e. The monoisotopic (exact) mass is 321 g/mol. The van der Waals surface area contributed by atoms with Crippen LogP contribution in [0.3, 0.4) is 0 Å². The summed E-state index contributed by atoms with van der Waals surface area (Å²) in [6.07, 6.45) is 4.23. The lowest BCUT2D eigenvalue weighted by atomic mass is 10.1. The van der Waals surface area contributed by atoms with E-state index in [1.165, 1.54) is 5.56 Å². The van der Waals surface area contributed by atoms with Crippen molar-refractivity contribution in [1.29, 1.82) is 0 Å². The fourth-order valence-corrected chi connectivity index (χ4v) is 2.54. The summed E-state index contributed by atoms with van der Waals surface area (Å²) in [5, 5.41) is 12.5. The summed E-state index contributed by atoms with van der Waals surface area (Å²) < 4.78 is 0. The number of nitrogens with zero attached hydrogens (tertiary/aromatic N) is 2. The van der Waals surface area contributed by atoms with E-state index in [0.717, 1.165) is 17.7 Å². The molecule has 122 valence electrons. The van der Waals surface area contributed by atoms with Gasteiger partial charge in [-0.3, -0.25) is 10.1 Å². The maximum Gasteiger partial charge on any atom is 0.323 e. The third-order valence-electron chi connectivity index (χ3n) is 3.79. The molecule has 3 N–H and O–H groups in total. The highest BCUT2D eigenvalue weighted by molar-refractivity contribution is 6.01. The lowest BCUT2D eigenvalue weighted by Crippen LogP contribution is -2.19. The number of carbonyl (C=O) groups is 1. The zero-order valence-corrected chi connectivity index (χ0v) is 13.6. The minimum absolute atomic E-state index is 0.322. The van der Waals surface area contributed by atoms with Crippen molar-refractivity contribution in [2.45, 2.75) is 20.3 Å². The van der Waals surface area contributed by atoms with Crippen molar-refractivity contribution in [1.82, 2.24) is 15.2 Å². The largest absolute Gasteiger partial charge is 0.323 e. The van der Waals surface area contributed by atoms with Crippen LogP contribution in [0.4, 0.5) is 16.2 Å². The van der Waals surface area contributed by atoms with E-state index in [0.29, 0.717) is 17.1 Å². The molecule has 6 heteroatoms. The molecule has 0 atom stereocenters. The van der Waals surface area contributed by atoms with Crippen LogP contribution in [-0.4, -0.2) is 21.2 Å². The van der Waals surface area contributed by atoms with Gasteiger partial charge in [0.05, 0.1) is 17.6 Å². The lowest BCUT2D eigenvalue weighted by Gasteiger charge is -2.10. The SMILES string of the molecule is CCc1ccc(NC(=O)Nc2cn[nH]c2-c2ccccn2)cc1C. The summed E-state index contributed by atoms with van der Waals surface area (Å²) in [7, 11) is 0. The highest BCUT2D eigenvalue weighted by Crippen LogP contribution is 2.23. The quantitative estimate of drug-likeness (QED) is 0.679. The fraction of sp³-hybridized carbons (Fsp3) is 0.167. The summed E-state index contributed by atoms with van der Waals surface area (Å²) in [6, 6.07) is 11.1. The Bertz CT molecular complexity index is 842. The topological polar surface area (TPSA) is 82.7 Å². The molecule has 2 amide bonds. The van der Waals surface area contributed by atoms with Crippen LogP contribution in [0, 0.1) is 6.92 Å². The average Bonchev–Trinajstić information content (AvgIpc) is 3.04. The molecule has 1 aromatic carbocycles. The van der Waals surface area contributed by atoms with E-state index < -0.39 is 0 Å². The Labute approximate surface area is 140 Å². The Hall–Kier alpha value is -3.15. The number of amides is 2. The molecule has 0 unspecified atom stereocenters. The maximum absolute atomic E-state index is 12.2. The Balaban J connectivity index is 1.72. The Kier molecular flexibility index (Phi) is 4.56. The van der Waals surface area contributed by atoms with Crippen LogP contribution in [0.25, 0.3) is 11.4 Å². The molecule has 0 aliphatic carbocycles. The number of carbonyl (C=O) groups excluding carboxylic acids is 1. The third-order valence-corrected chi connectivity index (χ3v) is 3.79. The van der Waals surface area contributed by atoms with Crippen molar-refractivity contribution in [3.8, 4) is 11.4 Å². The molecule has 0 fully saturated rings. The lowest BCUT2D eigenvalue weighted by molar-refractivity contribution is 0.262. The number of H-pyrrole nitrogens is 1. The van der Waals surface area contributed by atoms with Gasteiger partial charge in [0, 0.05) is 11.9 Å². The molecule has 0 saturated carbocycles. The second-order valence-electron chi connectivity index (χ2n) is 5.45. The molecule has 2 heterocycles. The maximum atomic E-state index is 12.2. The van der Waals surface area contributed by atoms with Crippen molar-refractivity contribution in [3.63, 3.8) is 0 Å². The minimum Gasteiger partial charge on any atom is -0.308 e. The van der Waals surface area contributed by atoms with Gasteiger partial charge in [-0.1, -0.05) is 19.1 Å². The molecule has 3 aromatic rings.